The Kier molecular flexibility index (Phi) is 4.96. The Morgan fingerprint density at radius 1 is 1.29 bits per heavy atom. The molecule has 0 fully saturated rings. The van der Waals surface area contributed by atoms with Crippen LogP contribution in [-0.2, 0) is 0 Å². The van der Waals surface area contributed by atoms with E-state index in [1.54, 1.807) is 11.3 Å². The fourth-order valence-electron chi connectivity index (χ4n) is 2.15. The summed E-state index contributed by atoms with van der Waals surface area (Å²) >= 11 is 1.71. The molecule has 0 saturated carbocycles. The average molecular weight is 302 g/mol. The number of aliphatic imine (C=N–C) groups is 1. The maximum absolute atomic E-state index is 5.96. The summed E-state index contributed by atoms with van der Waals surface area (Å²) in [5.74, 6) is 0.725. The highest BCUT2D eigenvalue weighted by atomic mass is 32.1. The molecule has 0 aliphatic rings. The van der Waals surface area contributed by atoms with Crippen molar-refractivity contribution < 1.29 is 0 Å². The van der Waals surface area contributed by atoms with Crippen molar-refractivity contribution >= 4 is 23.0 Å². The van der Waals surface area contributed by atoms with E-state index in [-0.39, 0.29) is 5.92 Å². The van der Waals surface area contributed by atoms with Gasteiger partial charge in [0.1, 0.15) is 0 Å². The number of thiazole rings is 1. The Bertz CT molecular complexity index is 625. The van der Waals surface area contributed by atoms with Gasteiger partial charge < -0.3 is 11.1 Å². The molecule has 1 heterocycles. The van der Waals surface area contributed by atoms with E-state index >= 15 is 0 Å². The number of hydrogen-bond acceptors (Lipinski definition) is 3. The lowest BCUT2D eigenvalue weighted by molar-refractivity contribution is 0.766. The van der Waals surface area contributed by atoms with Gasteiger partial charge in [0.15, 0.2) is 5.96 Å². The highest BCUT2D eigenvalue weighted by Gasteiger charge is 2.09. The lowest BCUT2D eigenvalue weighted by atomic mass is 10.1. The third-order valence-electron chi connectivity index (χ3n) is 3.09. The van der Waals surface area contributed by atoms with Crippen LogP contribution < -0.4 is 11.1 Å². The van der Waals surface area contributed by atoms with Crippen LogP contribution in [0.5, 0.6) is 0 Å². The molecule has 2 aromatic rings. The molecule has 0 bridgehead atoms. The first-order chi connectivity index (χ1) is 9.94. The van der Waals surface area contributed by atoms with Crippen LogP contribution in [0, 0.1) is 20.8 Å². The summed E-state index contributed by atoms with van der Waals surface area (Å²) < 4.78 is 0. The molecule has 0 amide bonds. The maximum Gasteiger partial charge on any atom is 0.193 e. The largest absolute Gasteiger partial charge is 0.370 e. The Morgan fingerprint density at radius 3 is 2.52 bits per heavy atom. The molecule has 21 heavy (non-hydrogen) atoms. The topological polar surface area (TPSA) is 63.3 Å². The molecule has 1 unspecified atom stereocenters. The van der Waals surface area contributed by atoms with Crippen molar-refractivity contribution in [3.8, 4) is 0 Å². The molecule has 2 rings (SSSR count). The second-order valence-electron chi connectivity index (χ2n) is 5.44. The number of rotatable bonds is 4. The van der Waals surface area contributed by atoms with Crippen LogP contribution in [0.2, 0.25) is 0 Å². The Morgan fingerprint density at radius 2 is 1.95 bits per heavy atom. The first-order valence-electron chi connectivity index (χ1n) is 7.01. The summed E-state index contributed by atoms with van der Waals surface area (Å²) in [6.07, 6.45) is 1.90. The van der Waals surface area contributed by atoms with Crippen molar-refractivity contribution in [3.05, 3.63) is 45.4 Å². The van der Waals surface area contributed by atoms with Crippen molar-refractivity contribution in [1.82, 2.24) is 4.98 Å². The summed E-state index contributed by atoms with van der Waals surface area (Å²) in [6.45, 7) is 8.95. The van der Waals surface area contributed by atoms with E-state index in [2.05, 4.69) is 61.2 Å². The molecule has 0 aliphatic carbocycles. The van der Waals surface area contributed by atoms with Crippen molar-refractivity contribution in [2.24, 2.45) is 10.7 Å². The highest BCUT2D eigenvalue weighted by molar-refractivity contribution is 7.11. The summed E-state index contributed by atoms with van der Waals surface area (Å²) in [5.41, 5.74) is 9.35. The zero-order valence-electron chi connectivity index (χ0n) is 13.0. The van der Waals surface area contributed by atoms with E-state index < -0.39 is 0 Å². The number of nitrogens with one attached hydrogen (secondary N) is 1. The molecule has 0 spiro atoms. The summed E-state index contributed by atoms with van der Waals surface area (Å²) in [6, 6.07) is 6.25. The number of benzene rings is 1. The Hall–Kier alpha value is -1.88. The first kappa shape index (κ1) is 15.5. The van der Waals surface area contributed by atoms with Crippen molar-refractivity contribution in [2.75, 3.05) is 11.9 Å². The van der Waals surface area contributed by atoms with Gasteiger partial charge in [-0.3, -0.25) is 4.99 Å². The number of anilines is 1. The van der Waals surface area contributed by atoms with Gasteiger partial charge in [0.2, 0.25) is 0 Å². The lowest BCUT2D eigenvalue weighted by Crippen LogP contribution is -2.23. The summed E-state index contributed by atoms with van der Waals surface area (Å²) in [5, 5.41) is 4.25. The van der Waals surface area contributed by atoms with Crippen LogP contribution in [0.25, 0.3) is 0 Å². The van der Waals surface area contributed by atoms with Crippen LogP contribution in [0.4, 0.5) is 5.69 Å². The minimum Gasteiger partial charge on any atom is -0.370 e. The van der Waals surface area contributed by atoms with E-state index in [4.69, 9.17) is 5.73 Å². The van der Waals surface area contributed by atoms with Gasteiger partial charge in [-0.25, -0.2) is 4.98 Å². The third-order valence-corrected chi connectivity index (χ3v) is 4.23. The van der Waals surface area contributed by atoms with E-state index in [0.29, 0.717) is 12.5 Å². The number of guanidine groups is 1. The smallest absolute Gasteiger partial charge is 0.193 e. The second kappa shape index (κ2) is 6.72. The van der Waals surface area contributed by atoms with Crippen LogP contribution in [0.15, 0.2) is 29.4 Å². The number of nitrogens with two attached hydrogens (primary N) is 1. The molecule has 0 saturated heterocycles. The minimum atomic E-state index is 0.281. The number of hydrogen-bond donors (Lipinski definition) is 2. The molecule has 1 atom stereocenters. The fraction of sp³-hybridized carbons (Fsp3) is 0.375. The summed E-state index contributed by atoms with van der Waals surface area (Å²) in [7, 11) is 0. The number of aryl methyl sites for hydroxylation is 3. The van der Waals surface area contributed by atoms with Gasteiger partial charge in [-0.2, -0.15) is 0 Å². The first-order valence-corrected chi connectivity index (χ1v) is 7.83. The Labute approximate surface area is 130 Å². The lowest BCUT2D eigenvalue weighted by Gasteiger charge is -2.09. The Balaban J connectivity index is 1.97. The van der Waals surface area contributed by atoms with Gasteiger partial charge in [0.25, 0.3) is 0 Å². The van der Waals surface area contributed by atoms with Crippen LogP contribution in [0.1, 0.15) is 33.9 Å². The summed E-state index contributed by atoms with van der Waals surface area (Å²) in [4.78, 5) is 10.0. The predicted octanol–water partition coefficient (Wildman–Crippen LogP) is 3.60. The minimum absolute atomic E-state index is 0.281. The molecule has 1 aromatic heterocycles. The number of aromatic nitrogens is 1. The number of nitrogens with zero attached hydrogens (tertiary/aromatic N) is 2. The normalized spacial score (nSPS) is 13.2. The van der Waals surface area contributed by atoms with Crippen LogP contribution >= 0.6 is 11.3 Å². The highest BCUT2D eigenvalue weighted by Crippen LogP contribution is 2.21. The van der Waals surface area contributed by atoms with Gasteiger partial charge >= 0.3 is 0 Å². The molecular weight excluding hydrogens is 280 g/mol. The molecule has 1 aromatic carbocycles. The fourth-order valence-corrected chi connectivity index (χ4v) is 2.96. The van der Waals surface area contributed by atoms with Crippen molar-refractivity contribution in [1.29, 1.82) is 0 Å². The van der Waals surface area contributed by atoms with Crippen LogP contribution in [-0.4, -0.2) is 17.5 Å². The van der Waals surface area contributed by atoms with E-state index in [0.717, 1.165) is 10.7 Å². The molecular formula is C16H22N4S. The van der Waals surface area contributed by atoms with Gasteiger partial charge in [-0.1, -0.05) is 13.0 Å². The zero-order valence-corrected chi connectivity index (χ0v) is 13.8. The van der Waals surface area contributed by atoms with Gasteiger partial charge in [0, 0.05) is 22.7 Å². The van der Waals surface area contributed by atoms with Gasteiger partial charge in [-0.15, -0.1) is 11.3 Å². The molecule has 5 heteroatoms. The second-order valence-corrected chi connectivity index (χ2v) is 6.70. The average Bonchev–Trinajstić information content (AvgIpc) is 2.81. The monoisotopic (exact) mass is 302 g/mol. The molecule has 112 valence electrons. The maximum atomic E-state index is 5.96. The predicted molar refractivity (Wildman–Crippen MR) is 91.3 cm³/mol. The molecule has 0 radical (unpaired) electrons. The molecule has 0 aliphatic heterocycles. The van der Waals surface area contributed by atoms with Crippen molar-refractivity contribution in [2.45, 2.75) is 33.6 Å². The molecule has 4 nitrogen and oxygen atoms in total. The van der Waals surface area contributed by atoms with E-state index in [9.17, 15) is 0 Å². The van der Waals surface area contributed by atoms with Crippen LogP contribution in [0.3, 0.4) is 0 Å². The van der Waals surface area contributed by atoms with E-state index in [1.807, 2.05) is 6.20 Å². The van der Waals surface area contributed by atoms with Gasteiger partial charge in [0.05, 0.1) is 11.6 Å². The van der Waals surface area contributed by atoms with Gasteiger partial charge in [-0.05, 0) is 44.0 Å². The molecule has 3 N–H and O–H groups in total. The third kappa shape index (κ3) is 4.56. The zero-order chi connectivity index (χ0) is 15.4. The SMILES string of the molecule is Cc1cc(C)cc(NC(N)=NCC(C)c2ncc(C)s2)c1. The van der Waals surface area contributed by atoms with Crippen molar-refractivity contribution in [3.63, 3.8) is 0 Å². The van der Waals surface area contributed by atoms with E-state index in [1.165, 1.54) is 16.0 Å². The standard InChI is InChI=1S/C16H22N4S/c1-10-5-11(2)7-14(6-10)20-16(17)19-8-12(3)15-18-9-13(4)21-15/h5-7,9,12H,8H2,1-4H3,(H3,17,19,20). The quantitative estimate of drug-likeness (QED) is 0.670.